The summed E-state index contributed by atoms with van der Waals surface area (Å²) in [5.41, 5.74) is 22.8. The third kappa shape index (κ3) is 5.71. The summed E-state index contributed by atoms with van der Waals surface area (Å²) in [6.45, 7) is 6.87. The summed E-state index contributed by atoms with van der Waals surface area (Å²) in [4.78, 5) is 2.65. The predicted molar refractivity (Wildman–Crippen MR) is 318 cm³/mol. The first-order valence-corrected chi connectivity index (χ1v) is 29.7. The Balaban J connectivity index is 0.973. The summed E-state index contributed by atoms with van der Waals surface area (Å²) in [6.07, 6.45) is 16.8. The van der Waals surface area contributed by atoms with E-state index in [1.165, 1.54) is 154 Å². The number of furan rings is 2. The SMILES string of the molecule is CC(C)(C)c1ccc(N2c3cc4c(cc3B3c5c(cc6c(oc7ccccc76)c52)-c2cc(C56CC7CC(CC(C7)C5)C6)cc5c6cc(C78CC9CC(CC(C9)C7)C8)ccc6n3c25)oc2ccccc24)c(-c2ccccc2)c1. The molecule has 5 heteroatoms. The van der Waals surface area contributed by atoms with Gasteiger partial charge in [-0.05, 0) is 234 Å². The van der Waals surface area contributed by atoms with Crippen LogP contribution in [0.15, 0.2) is 154 Å². The van der Waals surface area contributed by atoms with Gasteiger partial charge in [-0.1, -0.05) is 99.6 Å². The lowest BCUT2D eigenvalue weighted by Gasteiger charge is -2.57. The van der Waals surface area contributed by atoms with Crippen molar-refractivity contribution in [3.63, 3.8) is 0 Å². The van der Waals surface area contributed by atoms with Crippen LogP contribution in [0.1, 0.15) is 115 Å². The van der Waals surface area contributed by atoms with Crippen molar-refractivity contribution in [2.75, 3.05) is 4.90 Å². The zero-order valence-corrected chi connectivity index (χ0v) is 44.6. The fourth-order valence-corrected chi connectivity index (χ4v) is 19.8. The molecule has 0 N–H and O–H groups in total. The van der Waals surface area contributed by atoms with E-state index in [0.717, 1.165) is 80.0 Å². The predicted octanol–water partition coefficient (Wildman–Crippen LogP) is 17.9. The van der Waals surface area contributed by atoms with E-state index < -0.39 is 0 Å². The van der Waals surface area contributed by atoms with E-state index in [1.807, 2.05) is 0 Å². The van der Waals surface area contributed by atoms with Crippen LogP contribution in [-0.4, -0.2) is 11.3 Å². The van der Waals surface area contributed by atoms with Crippen molar-refractivity contribution in [2.24, 2.45) is 35.5 Å². The molecule has 4 nitrogen and oxygen atoms in total. The van der Waals surface area contributed by atoms with Crippen LogP contribution in [0.4, 0.5) is 17.1 Å². The minimum Gasteiger partial charge on any atom is -0.456 e. The van der Waals surface area contributed by atoms with Crippen LogP contribution in [-0.2, 0) is 16.2 Å². The number of para-hydroxylation sites is 2. The largest absolute Gasteiger partial charge is 0.456 e. The molecule has 11 aromatic rings. The van der Waals surface area contributed by atoms with Crippen molar-refractivity contribution in [1.29, 1.82) is 0 Å². The molecule has 0 atom stereocenters. The van der Waals surface area contributed by atoms with Crippen LogP contribution >= 0.6 is 0 Å². The van der Waals surface area contributed by atoms with E-state index in [1.54, 1.807) is 11.1 Å². The van der Waals surface area contributed by atoms with Gasteiger partial charge < -0.3 is 18.2 Å². The van der Waals surface area contributed by atoms with E-state index in [4.69, 9.17) is 8.83 Å². The Morgan fingerprint density at radius 3 is 1.75 bits per heavy atom. The second-order valence-electron chi connectivity index (χ2n) is 27.7. The summed E-state index contributed by atoms with van der Waals surface area (Å²) in [5, 5.41) is 7.57. The number of anilines is 3. The smallest absolute Gasteiger partial charge is 0.333 e. The zero-order valence-electron chi connectivity index (χ0n) is 44.6. The van der Waals surface area contributed by atoms with E-state index in [9.17, 15) is 0 Å². The van der Waals surface area contributed by atoms with Gasteiger partial charge in [0.05, 0.1) is 11.4 Å². The molecular formula is C72H63BN2O2. The molecule has 10 aliphatic rings. The molecule has 21 rings (SSSR count). The van der Waals surface area contributed by atoms with Gasteiger partial charge in [0.15, 0.2) is 5.58 Å². The van der Waals surface area contributed by atoms with Gasteiger partial charge in [-0.25, -0.2) is 0 Å². The van der Waals surface area contributed by atoms with E-state index in [2.05, 4.69) is 176 Å². The quantitative estimate of drug-likeness (QED) is 0.165. The van der Waals surface area contributed by atoms with Crippen molar-refractivity contribution < 1.29 is 8.83 Å². The van der Waals surface area contributed by atoms with Crippen LogP contribution in [0.5, 0.6) is 0 Å². The molecule has 0 saturated heterocycles. The Kier molecular flexibility index (Phi) is 8.15. The Labute approximate surface area is 450 Å². The molecule has 5 heterocycles. The Bertz CT molecular complexity index is 4350. The first-order chi connectivity index (χ1) is 37.6. The standard InChI is InChI=1S/C72H63BN2O2/c1-70(2,3)47-17-19-60(52(27-47)46-11-5-4-6-12-46)74-62-32-54-50-13-7-9-15-63(50)76-65(54)33-59(62)73-66-55(31-58-51-14-8-10-16-64(51)77-69(58)68(66)74)57-30-49(72-37-43-24-44(38-72)26-45(25-43)39-72)29-56-53-28-48(18-20-61(53)75(73)67(56)57)71-34-40-21-41(35-71)23-42(22-40)36-71/h4-20,27-33,40-45H,21-26,34-39H2,1-3H3. The van der Waals surface area contributed by atoms with Gasteiger partial charge in [-0.2, -0.15) is 0 Å². The van der Waals surface area contributed by atoms with Gasteiger partial charge in [-0.15, -0.1) is 0 Å². The fourth-order valence-electron chi connectivity index (χ4n) is 19.8. The molecule has 3 aromatic heterocycles. The summed E-state index contributed by atoms with van der Waals surface area (Å²) in [5.74, 6) is 5.23. The topological polar surface area (TPSA) is 34.5 Å². The first-order valence-electron chi connectivity index (χ1n) is 29.7. The maximum absolute atomic E-state index is 7.44. The maximum Gasteiger partial charge on any atom is 0.333 e. The van der Waals surface area contributed by atoms with Gasteiger partial charge in [0.25, 0.3) is 0 Å². The number of fused-ring (bicyclic) bond motifs is 14. The zero-order chi connectivity index (χ0) is 50.4. The van der Waals surface area contributed by atoms with Crippen molar-refractivity contribution in [3.05, 3.63) is 162 Å². The van der Waals surface area contributed by atoms with Crippen LogP contribution in [0.3, 0.4) is 0 Å². The molecule has 8 fully saturated rings. The lowest BCUT2D eigenvalue weighted by Crippen LogP contribution is -2.56. The number of benzene rings is 8. The molecule has 0 unspecified atom stereocenters. The highest BCUT2D eigenvalue weighted by atomic mass is 16.3. The molecule has 8 aliphatic carbocycles. The van der Waals surface area contributed by atoms with Crippen molar-refractivity contribution >= 4 is 101 Å². The molecule has 0 spiro atoms. The second-order valence-corrected chi connectivity index (χ2v) is 27.7. The Morgan fingerprint density at radius 2 is 1.08 bits per heavy atom. The normalized spacial score (nSPS) is 27.4. The van der Waals surface area contributed by atoms with Crippen LogP contribution in [0, 0.1) is 35.5 Å². The van der Waals surface area contributed by atoms with Gasteiger partial charge in [-0.3, -0.25) is 0 Å². The van der Waals surface area contributed by atoms with Crippen LogP contribution in [0.2, 0.25) is 0 Å². The molecule has 8 saturated carbocycles. The number of aromatic nitrogens is 1. The number of rotatable bonds is 4. The minimum atomic E-state index is -0.154. The average molecular weight is 999 g/mol. The molecule has 8 aromatic carbocycles. The number of nitrogens with zero attached hydrogens (tertiary/aromatic N) is 2. The van der Waals surface area contributed by atoms with Crippen LogP contribution < -0.4 is 15.8 Å². The highest BCUT2D eigenvalue weighted by molar-refractivity contribution is 6.90. The molecule has 2 aliphatic heterocycles. The van der Waals surface area contributed by atoms with Crippen molar-refractivity contribution in [2.45, 2.75) is 114 Å². The van der Waals surface area contributed by atoms with Crippen molar-refractivity contribution in [1.82, 2.24) is 4.48 Å². The number of hydrogen-bond donors (Lipinski definition) is 0. The Hall–Kier alpha value is -6.98. The third-order valence-corrected chi connectivity index (χ3v) is 22.2. The lowest BCUT2D eigenvalue weighted by molar-refractivity contribution is -0.00527. The molecular weight excluding hydrogens is 936 g/mol. The monoisotopic (exact) mass is 998 g/mol. The summed E-state index contributed by atoms with van der Waals surface area (Å²) in [7, 11) is 0. The maximum atomic E-state index is 7.44. The van der Waals surface area contributed by atoms with E-state index in [0.29, 0.717) is 5.41 Å². The lowest BCUT2D eigenvalue weighted by atomic mass is 9.44. The third-order valence-electron chi connectivity index (χ3n) is 22.2. The van der Waals surface area contributed by atoms with Gasteiger partial charge >= 0.3 is 6.85 Å². The van der Waals surface area contributed by atoms with Gasteiger partial charge in [0.1, 0.15) is 16.7 Å². The van der Waals surface area contributed by atoms with E-state index in [-0.39, 0.29) is 17.7 Å². The molecule has 376 valence electrons. The average Bonchev–Trinajstić information content (AvgIpc) is 4.26. The van der Waals surface area contributed by atoms with Crippen molar-refractivity contribution in [3.8, 4) is 22.3 Å². The first kappa shape index (κ1) is 43.1. The molecule has 0 radical (unpaired) electrons. The molecule has 8 bridgehead atoms. The molecule has 77 heavy (non-hydrogen) atoms. The molecule has 0 amide bonds. The van der Waals surface area contributed by atoms with Gasteiger partial charge in [0.2, 0.25) is 0 Å². The minimum absolute atomic E-state index is 0.0543. The van der Waals surface area contributed by atoms with Gasteiger partial charge in [0, 0.05) is 60.2 Å². The second kappa shape index (κ2) is 14.6. The number of hydrogen-bond acceptors (Lipinski definition) is 3. The fraction of sp³-hybridized carbons (Fsp3) is 0.333. The summed E-state index contributed by atoms with van der Waals surface area (Å²) < 4.78 is 17.2. The summed E-state index contributed by atoms with van der Waals surface area (Å²) in [6, 6.07) is 56.9. The highest BCUT2D eigenvalue weighted by Gasteiger charge is 2.54. The summed E-state index contributed by atoms with van der Waals surface area (Å²) >= 11 is 0. The van der Waals surface area contributed by atoms with Crippen LogP contribution in [0.25, 0.3) is 87.9 Å². The Morgan fingerprint density at radius 1 is 0.468 bits per heavy atom. The van der Waals surface area contributed by atoms with E-state index >= 15 is 0 Å². The highest BCUT2D eigenvalue weighted by Crippen LogP contribution is 2.64.